The van der Waals surface area contributed by atoms with Crippen LogP contribution in [0, 0.1) is 6.92 Å². The summed E-state index contributed by atoms with van der Waals surface area (Å²) < 4.78 is 38.0. The van der Waals surface area contributed by atoms with E-state index in [0.29, 0.717) is 5.69 Å². The lowest BCUT2D eigenvalue weighted by atomic mass is 9.86. The summed E-state index contributed by atoms with van der Waals surface area (Å²) in [5.74, 6) is -0.481. The molecule has 0 aliphatic heterocycles. The third-order valence-electron chi connectivity index (χ3n) is 3.60. The average Bonchev–Trinajstić information content (AvgIpc) is 2.45. The number of carbonyl (C=O) groups is 1. The van der Waals surface area contributed by atoms with E-state index in [9.17, 15) is 18.0 Å². The fourth-order valence-corrected chi connectivity index (χ4v) is 2.39. The largest absolute Gasteiger partial charge is 0.433 e. The summed E-state index contributed by atoms with van der Waals surface area (Å²) >= 11 is 0. The Labute approximate surface area is 138 Å². The van der Waals surface area contributed by atoms with Crippen LogP contribution in [-0.2, 0) is 11.6 Å². The lowest BCUT2D eigenvalue weighted by Gasteiger charge is -2.23. The van der Waals surface area contributed by atoms with Crippen LogP contribution in [0.1, 0.15) is 48.1 Å². The van der Waals surface area contributed by atoms with Gasteiger partial charge in [-0.1, -0.05) is 39.0 Å². The summed E-state index contributed by atoms with van der Waals surface area (Å²) in [6.45, 7) is 7.44. The molecule has 0 saturated carbocycles. The standard InChI is InChI=1S/C18H19F3N2O/c1-11-12(9-10-15(22-11)18(19,20)21)16(24)23-14-8-6-5-7-13(14)17(2,3)4/h5-10H,1-4H3,(H,23,24). The summed E-state index contributed by atoms with van der Waals surface area (Å²) in [6.07, 6.45) is -4.53. The normalized spacial score (nSPS) is 12.1. The summed E-state index contributed by atoms with van der Waals surface area (Å²) in [5.41, 5.74) is 0.538. The van der Waals surface area contributed by atoms with Gasteiger partial charge in [-0.25, -0.2) is 4.98 Å². The average molecular weight is 336 g/mol. The lowest BCUT2D eigenvalue weighted by molar-refractivity contribution is -0.141. The van der Waals surface area contributed by atoms with Crippen molar-refractivity contribution < 1.29 is 18.0 Å². The Bertz CT molecular complexity index is 762. The van der Waals surface area contributed by atoms with Gasteiger partial charge >= 0.3 is 6.18 Å². The third-order valence-corrected chi connectivity index (χ3v) is 3.60. The minimum absolute atomic E-state index is 0.0376. The van der Waals surface area contributed by atoms with Crippen molar-refractivity contribution in [1.29, 1.82) is 0 Å². The fourth-order valence-electron chi connectivity index (χ4n) is 2.39. The van der Waals surface area contributed by atoms with Gasteiger partial charge in [0.25, 0.3) is 5.91 Å². The predicted molar refractivity (Wildman–Crippen MR) is 87.1 cm³/mol. The van der Waals surface area contributed by atoms with E-state index in [-0.39, 0.29) is 16.7 Å². The van der Waals surface area contributed by atoms with Crippen molar-refractivity contribution >= 4 is 11.6 Å². The Hall–Kier alpha value is -2.37. The first-order valence-electron chi connectivity index (χ1n) is 7.46. The number of para-hydroxylation sites is 1. The molecule has 1 aromatic carbocycles. The van der Waals surface area contributed by atoms with Crippen LogP contribution in [0.5, 0.6) is 0 Å². The predicted octanol–water partition coefficient (Wildman–Crippen LogP) is 4.96. The highest BCUT2D eigenvalue weighted by atomic mass is 19.4. The van der Waals surface area contributed by atoms with Crippen molar-refractivity contribution in [2.75, 3.05) is 5.32 Å². The van der Waals surface area contributed by atoms with E-state index in [2.05, 4.69) is 10.3 Å². The van der Waals surface area contributed by atoms with Gasteiger partial charge in [-0.2, -0.15) is 13.2 Å². The minimum atomic E-state index is -4.53. The number of aryl methyl sites for hydroxylation is 1. The Kier molecular flexibility index (Phi) is 4.69. The molecule has 128 valence electrons. The molecule has 0 radical (unpaired) electrons. The SMILES string of the molecule is Cc1nc(C(F)(F)F)ccc1C(=O)Nc1ccccc1C(C)(C)C. The molecule has 0 fully saturated rings. The van der Waals surface area contributed by atoms with Gasteiger partial charge in [-0.15, -0.1) is 0 Å². The number of hydrogen-bond acceptors (Lipinski definition) is 2. The van der Waals surface area contributed by atoms with Gasteiger partial charge in [-0.3, -0.25) is 4.79 Å². The summed E-state index contributed by atoms with van der Waals surface area (Å²) in [5, 5.41) is 2.77. The van der Waals surface area contributed by atoms with E-state index >= 15 is 0 Å². The van der Waals surface area contributed by atoms with Crippen LogP contribution in [0.25, 0.3) is 0 Å². The number of pyridine rings is 1. The van der Waals surface area contributed by atoms with Gasteiger partial charge in [0.05, 0.1) is 11.3 Å². The Balaban J connectivity index is 2.32. The van der Waals surface area contributed by atoms with Gasteiger partial charge in [0.1, 0.15) is 5.69 Å². The van der Waals surface area contributed by atoms with Gasteiger partial charge in [0.15, 0.2) is 0 Å². The van der Waals surface area contributed by atoms with Crippen LogP contribution in [0.4, 0.5) is 18.9 Å². The van der Waals surface area contributed by atoms with E-state index < -0.39 is 17.8 Å². The van der Waals surface area contributed by atoms with Crippen molar-refractivity contribution in [3.63, 3.8) is 0 Å². The quantitative estimate of drug-likeness (QED) is 0.842. The third kappa shape index (κ3) is 3.93. The Morgan fingerprint density at radius 3 is 2.21 bits per heavy atom. The number of benzene rings is 1. The van der Waals surface area contributed by atoms with Gasteiger partial charge < -0.3 is 5.32 Å². The highest BCUT2D eigenvalue weighted by Gasteiger charge is 2.33. The highest BCUT2D eigenvalue weighted by molar-refractivity contribution is 6.05. The number of aromatic nitrogens is 1. The second kappa shape index (κ2) is 6.26. The zero-order valence-corrected chi connectivity index (χ0v) is 14.0. The van der Waals surface area contributed by atoms with Crippen LogP contribution in [0.2, 0.25) is 0 Å². The summed E-state index contributed by atoms with van der Waals surface area (Å²) in [7, 11) is 0. The lowest BCUT2D eigenvalue weighted by Crippen LogP contribution is -2.20. The Morgan fingerprint density at radius 1 is 1.04 bits per heavy atom. The van der Waals surface area contributed by atoms with Crippen LogP contribution in [0.15, 0.2) is 36.4 Å². The van der Waals surface area contributed by atoms with Gasteiger partial charge in [-0.05, 0) is 36.1 Å². The zero-order chi connectivity index (χ0) is 18.1. The molecule has 2 rings (SSSR count). The summed E-state index contributed by atoms with van der Waals surface area (Å²) in [6, 6.07) is 9.32. The first-order valence-corrected chi connectivity index (χ1v) is 7.46. The molecular weight excluding hydrogens is 317 g/mol. The second-order valence-corrected chi connectivity index (χ2v) is 6.58. The number of nitrogens with one attached hydrogen (secondary N) is 1. The molecule has 0 bridgehead atoms. The van der Waals surface area contributed by atoms with Crippen molar-refractivity contribution in [3.8, 4) is 0 Å². The molecule has 1 N–H and O–H groups in total. The molecule has 3 nitrogen and oxygen atoms in total. The molecule has 1 heterocycles. The maximum atomic E-state index is 12.7. The molecule has 24 heavy (non-hydrogen) atoms. The number of halogens is 3. The molecule has 6 heteroatoms. The van der Waals surface area contributed by atoms with Crippen molar-refractivity contribution in [1.82, 2.24) is 4.98 Å². The van der Waals surface area contributed by atoms with Crippen LogP contribution in [0.3, 0.4) is 0 Å². The topological polar surface area (TPSA) is 42.0 Å². The van der Waals surface area contributed by atoms with Crippen molar-refractivity contribution in [2.45, 2.75) is 39.3 Å². The molecular formula is C18H19F3N2O. The van der Waals surface area contributed by atoms with Gasteiger partial charge in [0.2, 0.25) is 0 Å². The number of amides is 1. The number of alkyl halides is 3. The number of nitrogens with zero attached hydrogens (tertiary/aromatic N) is 1. The van der Waals surface area contributed by atoms with Crippen LogP contribution in [-0.4, -0.2) is 10.9 Å². The first-order chi connectivity index (χ1) is 11.0. The van der Waals surface area contributed by atoms with Crippen LogP contribution < -0.4 is 5.32 Å². The second-order valence-electron chi connectivity index (χ2n) is 6.58. The number of carbonyl (C=O) groups excluding carboxylic acids is 1. The maximum absolute atomic E-state index is 12.7. The number of hydrogen-bond donors (Lipinski definition) is 1. The van der Waals surface area contributed by atoms with Crippen LogP contribution >= 0.6 is 0 Å². The molecule has 1 amide bonds. The molecule has 0 saturated heterocycles. The minimum Gasteiger partial charge on any atom is -0.322 e. The van der Waals surface area contributed by atoms with Gasteiger partial charge in [0, 0.05) is 5.69 Å². The molecule has 1 aromatic heterocycles. The molecule has 0 aliphatic carbocycles. The highest BCUT2D eigenvalue weighted by Crippen LogP contribution is 2.30. The Morgan fingerprint density at radius 2 is 1.67 bits per heavy atom. The first kappa shape index (κ1) is 18.0. The van der Waals surface area contributed by atoms with E-state index in [1.807, 2.05) is 32.9 Å². The van der Waals surface area contributed by atoms with E-state index in [1.165, 1.54) is 6.92 Å². The van der Waals surface area contributed by atoms with Crippen molar-refractivity contribution in [2.24, 2.45) is 0 Å². The monoisotopic (exact) mass is 336 g/mol. The molecule has 0 unspecified atom stereocenters. The smallest absolute Gasteiger partial charge is 0.322 e. The van der Waals surface area contributed by atoms with Crippen molar-refractivity contribution in [3.05, 3.63) is 58.9 Å². The number of rotatable bonds is 2. The fraction of sp³-hybridized carbons (Fsp3) is 0.333. The number of anilines is 1. The molecule has 0 aliphatic rings. The van der Waals surface area contributed by atoms with E-state index in [4.69, 9.17) is 0 Å². The molecule has 2 aromatic rings. The van der Waals surface area contributed by atoms with E-state index in [1.54, 1.807) is 12.1 Å². The maximum Gasteiger partial charge on any atom is 0.433 e. The van der Waals surface area contributed by atoms with E-state index in [0.717, 1.165) is 17.7 Å². The summed E-state index contributed by atoms with van der Waals surface area (Å²) in [4.78, 5) is 15.9. The molecule has 0 spiro atoms. The molecule has 0 atom stereocenters. The zero-order valence-electron chi connectivity index (χ0n) is 14.0.